The highest BCUT2D eigenvalue weighted by Crippen LogP contribution is 2.39. The van der Waals surface area contributed by atoms with Crippen molar-refractivity contribution in [1.82, 2.24) is 19.6 Å². The zero-order chi connectivity index (χ0) is 13.3. The second-order valence-electron chi connectivity index (χ2n) is 5.24. The third kappa shape index (κ3) is 2.07. The Morgan fingerprint density at radius 3 is 2.84 bits per heavy atom. The number of nitrogens with zero attached hydrogens (tertiary/aromatic N) is 4. The van der Waals surface area contributed by atoms with E-state index in [2.05, 4.69) is 15.2 Å². The average molecular weight is 260 g/mol. The number of carboxylic acid groups (broad SMARTS) is 1. The molecule has 1 N–H and O–H groups in total. The van der Waals surface area contributed by atoms with Crippen LogP contribution in [0.4, 0.5) is 0 Å². The summed E-state index contributed by atoms with van der Waals surface area (Å²) in [5, 5.41) is 17.7. The summed E-state index contributed by atoms with van der Waals surface area (Å²) in [6.45, 7) is 0. The van der Waals surface area contributed by atoms with E-state index in [9.17, 15) is 9.90 Å². The maximum absolute atomic E-state index is 11.7. The van der Waals surface area contributed by atoms with Gasteiger partial charge in [0.25, 0.3) is 0 Å². The molecule has 2 heterocycles. The van der Waals surface area contributed by atoms with Gasteiger partial charge >= 0.3 is 5.97 Å². The minimum absolute atomic E-state index is 0.438. The molecule has 19 heavy (non-hydrogen) atoms. The van der Waals surface area contributed by atoms with Crippen molar-refractivity contribution in [2.24, 2.45) is 5.41 Å². The quantitative estimate of drug-likeness (QED) is 0.908. The van der Waals surface area contributed by atoms with Crippen LogP contribution in [0.25, 0.3) is 5.65 Å². The molecule has 0 radical (unpaired) electrons. The lowest BCUT2D eigenvalue weighted by Gasteiger charge is -2.32. The van der Waals surface area contributed by atoms with Crippen LogP contribution in [-0.2, 0) is 11.2 Å². The van der Waals surface area contributed by atoms with E-state index in [1.807, 2.05) is 4.40 Å². The van der Waals surface area contributed by atoms with E-state index in [1.54, 1.807) is 18.6 Å². The molecule has 0 unspecified atom stereocenters. The van der Waals surface area contributed by atoms with Crippen LogP contribution >= 0.6 is 0 Å². The highest BCUT2D eigenvalue weighted by atomic mass is 16.4. The van der Waals surface area contributed by atoms with E-state index >= 15 is 0 Å². The van der Waals surface area contributed by atoms with E-state index in [1.165, 1.54) is 0 Å². The molecule has 1 aliphatic rings. The predicted octanol–water partition coefficient (Wildman–Crippen LogP) is 1.70. The van der Waals surface area contributed by atoms with Gasteiger partial charge in [-0.3, -0.25) is 14.2 Å². The fraction of sp³-hybridized carbons (Fsp3) is 0.538. The first-order chi connectivity index (χ1) is 9.21. The first kappa shape index (κ1) is 12.1. The highest BCUT2D eigenvalue weighted by Gasteiger charge is 2.40. The van der Waals surface area contributed by atoms with Crippen molar-refractivity contribution in [3.63, 3.8) is 0 Å². The second kappa shape index (κ2) is 4.60. The summed E-state index contributed by atoms with van der Waals surface area (Å²) in [6, 6.07) is 0. The number of aromatic nitrogens is 4. The Kier molecular flexibility index (Phi) is 2.93. The SMILES string of the molecule is O=C(O)C1(Cc2nnc3cnccn23)CCCCC1. The number of carbonyl (C=O) groups is 1. The van der Waals surface area contributed by atoms with E-state index in [0.29, 0.717) is 17.9 Å². The largest absolute Gasteiger partial charge is 0.481 e. The van der Waals surface area contributed by atoms with Gasteiger partial charge in [0, 0.05) is 18.8 Å². The Labute approximate surface area is 110 Å². The van der Waals surface area contributed by atoms with Gasteiger partial charge in [0.05, 0.1) is 11.6 Å². The molecular formula is C13H16N4O2. The molecule has 3 rings (SSSR count). The van der Waals surface area contributed by atoms with Gasteiger partial charge in [0.2, 0.25) is 0 Å². The summed E-state index contributed by atoms with van der Waals surface area (Å²) in [7, 11) is 0. The Morgan fingerprint density at radius 2 is 2.11 bits per heavy atom. The zero-order valence-corrected chi connectivity index (χ0v) is 10.6. The third-order valence-electron chi connectivity index (χ3n) is 4.05. The van der Waals surface area contributed by atoms with Crippen molar-refractivity contribution in [3.05, 3.63) is 24.4 Å². The number of rotatable bonds is 3. The van der Waals surface area contributed by atoms with Crippen LogP contribution in [0.3, 0.4) is 0 Å². The molecule has 100 valence electrons. The summed E-state index contributed by atoms with van der Waals surface area (Å²) in [5.74, 6) is -0.000272. The minimum Gasteiger partial charge on any atom is -0.481 e. The number of aliphatic carboxylic acids is 1. The van der Waals surface area contributed by atoms with Gasteiger partial charge in [-0.1, -0.05) is 19.3 Å². The average Bonchev–Trinajstić information content (AvgIpc) is 2.83. The topological polar surface area (TPSA) is 80.4 Å². The molecule has 1 saturated carbocycles. The van der Waals surface area contributed by atoms with Crippen LogP contribution in [0, 0.1) is 5.41 Å². The van der Waals surface area contributed by atoms with Crippen molar-refractivity contribution >= 4 is 11.6 Å². The molecule has 0 spiro atoms. The lowest BCUT2D eigenvalue weighted by atomic mass is 9.71. The van der Waals surface area contributed by atoms with Crippen molar-refractivity contribution in [3.8, 4) is 0 Å². The number of hydrogen-bond donors (Lipinski definition) is 1. The monoisotopic (exact) mass is 260 g/mol. The fourth-order valence-corrected chi connectivity index (χ4v) is 2.92. The van der Waals surface area contributed by atoms with Crippen LogP contribution in [0.2, 0.25) is 0 Å². The molecule has 0 saturated heterocycles. The van der Waals surface area contributed by atoms with Gasteiger partial charge in [-0.15, -0.1) is 10.2 Å². The van der Waals surface area contributed by atoms with Crippen molar-refractivity contribution < 1.29 is 9.90 Å². The lowest BCUT2D eigenvalue weighted by Crippen LogP contribution is -2.36. The molecule has 0 aromatic carbocycles. The first-order valence-electron chi connectivity index (χ1n) is 6.58. The van der Waals surface area contributed by atoms with Crippen LogP contribution in [0.1, 0.15) is 37.9 Å². The van der Waals surface area contributed by atoms with E-state index in [0.717, 1.165) is 32.1 Å². The highest BCUT2D eigenvalue weighted by molar-refractivity contribution is 5.75. The fourth-order valence-electron chi connectivity index (χ4n) is 2.92. The van der Waals surface area contributed by atoms with Crippen LogP contribution in [0.5, 0.6) is 0 Å². The maximum atomic E-state index is 11.7. The van der Waals surface area contributed by atoms with E-state index < -0.39 is 11.4 Å². The Balaban J connectivity index is 1.96. The van der Waals surface area contributed by atoms with E-state index in [4.69, 9.17) is 0 Å². The molecule has 0 amide bonds. The lowest BCUT2D eigenvalue weighted by molar-refractivity contribution is -0.151. The molecule has 2 aromatic rings. The minimum atomic E-state index is -0.710. The summed E-state index contributed by atoms with van der Waals surface area (Å²) in [5.41, 5.74) is -0.0151. The van der Waals surface area contributed by atoms with Gasteiger partial charge in [0.1, 0.15) is 5.82 Å². The van der Waals surface area contributed by atoms with Crippen molar-refractivity contribution in [2.75, 3.05) is 0 Å². The molecule has 6 heteroatoms. The van der Waals surface area contributed by atoms with Crippen molar-refractivity contribution in [2.45, 2.75) is 38.5 Å². The smallest absolute Gasteiger partial charge is 0.310 e. The third-order valence-corrected chi connectivity index (χ3v) is 4.05. The molecule has 2 aromatic heterocycles. The number of hydrogen-bond acceptors (Lipinski definition) is 4. The molecule has 1 fully saturated rings. The maximum Gasteiger partial charge on any atom is 0.310 e. The number of carboxylic acids is 1. The van der Waals surface area contributed by atoms with Crippen molar-refractivity contribution in [1.29, 1.82) is 0 Å². The second-order valence-corrected chi connectivity index (χ2v) is 5.24. The van der Waals surface area contributed by atoms with E-state index in [-0.39, 0.29) is 0 Å². The Bertz CT molecular complexity index is 601. The molecule has 0 aliphatic heterocycles. The van der Waals surface area contributed by atoms with Crippen LogP contribution in [0.15, 0.2) is 18.6 Å². The summed E-state index contributed by atoms with van der Waals surface area (Å²) >= 11 is 0. The molecule has 6 nitrogen and oxygen atoms in total. The summed E-state index contributed by atoms with van der Waals surface area (Å²) in [4.78, 5) is 15.7. The van der Waals surface area contributed by atoms with Crippen LogP contribution in [-0.4, -0.2) is 30.7 Å². The molecule has 0 bridgehead atoms. The Hall–Kier alpha value is -1.98. The number of fused-ring (bicyclic) bond motifs is 1. The molecule has 1 aliphatic carbocycles. The van der Waals surface area contributed by atoms with Gasteiger partial charge in [-0.25, -0.2) is 0 Å². The zero-order valence-electron chi connectivity index (χ0n) is 10.6. The Morgan fingerprint density at radius 1 is 1.32 bits per heavy atom. The van der Waals surface area contributed by atoms with Gasteiger partial charge in [-0.05, 0) is 12.8 Å². The summed E-state index contributed by atoms with van der Waals surface area (Å²) in [6.07, 6.45) is 10.0. The molecule has 0 atom stereocenters. The normalized spacial score (nSPS) is 18.5. The van der Waals surface area contributed by atoms with Gasteiger partial charge < -0.3 is 5.11 Å². The standard InChI is InChI=1S/C13H16N4O2/c18-12(19)13(4-2-1-3-5-13)8-10-15-16-11-9-14-6-7-17(10)11/h6-7,9H,1-5,8H2,(H,18,19). The summed E-state index contributed by atoms with van der Waals surface area (Å²) < 4.78 is 1.83. The predicted molar refractivity (Wildman–Crippen MR) is 67.6 cm³/mol. The van der Waals surface area contributed by atoms with Gasteiger partial charge in [-0.2, -0.15) is 0 Å². The first-order valence-corrected chi connectivity index (χ1v) is 6.58. The van der Waals surface area contributed by atoms with Crippen LogP contribution < -0.4 is 0 Å². The van der Waals surface area contributed by atoms with Gasteiger partial charge in [0.15, 0.2) is 5.65 Å². The molecular weight excluding hydrogens is 244 g/mol.